The Labute approximate surface area is 128 Å². The van der Waals surface area contributed by atoms with Crippen LogP contribution in [0.3, 0.4) is 0 Å². The minimum absolute atomic E-state index is 0.137. The van der Waals surface area contributed by atoms with Gasteiger partial charge in [-0.2, -0.15) is 0 Å². The van der Waals surface area contributed by atoms with Crippen LogP contribution in [0.5, 0.6) is 0 Å². The molecule has 2 N–H and O–H groups in total. The minimum Gasteiger partial charge on any atom is -0.389 e. The summed E-state index contributed by atoms with van der Waals surface area (Å²) in [5.74, 6) is 0. The smallest absolute Gasteiger partial charge is 0.0945 e. The highest BCUT2D eigenvalue weighted by Gasteiger charge is 2.08. The summed E-state index contributed by atoms with van der Waals surface area (Å²) in [7, 11) is 0. The first kappa shape index (κ1) is 15.3. The zero-order chi connectivity index (χ0) is 14.5. The molecule has 3 nitrogen and oxygen atoms in total. The standard InChI is InChI=1S/C16H20BrNO2/c1-11(2)20-10-12(19)9-18-16-8-7-15(17)13-5-3-4-6-14(13)16/h3-8,11-12,18-19H,9-10H2,1-2H3. The van der Waals surface area contributed by atoms with Gasteiger partial charge in [-0.15, -0.1) is 0 Å². The van der Waals surface area contributed by atoms with Crippen LogP contribution in [0.2, 0.25) is 0 Å². The number of halogens is 1. The highest BCUT2D eigenvalue weighted by Crippen LogP contribution is 2.29. The fourth-order valence-electron chi connectivity index (χ4n) is 2.01. The Hall–Kier alpha value is -1.10. The molecule has 20 heavy (non-hydrogen) atoms. The molecule has 0 amide bonds. The van der Waals surface area contributed by atoms with Crippen LogP contribution >= 0.6 is 15.9 Å². The summed E-state index contributed by atoms with van der Waals surface area (Å²) >= 11 is 3.55. The number of aliphatic hydroxyl groups is 1. The Bertz CT molecular complexity index is 571. The predicted octanol–water partition coefficient (Wildman–Crippen LogP) is 3.80. The highest BCUT2D eigenvalue weighted by atomic mass is 79.9. The number of nitrogens with one attached hydrogen (secondary N) is 1. The third-order valence-electron chi connectivity index (χ3n) is 3.02. The minimum atomic E-state index is -0.514. The van der Waals surface area contributed by atoms with Gasteiger partial charge >= 0.3 is 0 Å². The van der Waals surface area contributed by atoms with Crippen molar-refractivity contribution in [1.29, 1.82) is 0 Å². The van der Waals surface area contributed by atoms with E-state index in [-0.39, 0.29) is 6.10 Å². The zero-order valence-electron chi connectivity index (χ0n) is 11.8. The molecule has 2 aromatic carbocycles. The first-order valence-electron chi connectivity index (χ1n) is 6.78. The van der Waals surface area contributed by atoms with E-state index in [1.165, 1.54) is 0 Å². The maximum atomic E-state index is 9.89. The molecule has 0 aliphatic rings. The van der Waals surface area contributed by atoms with Crippen LogP contribution in [0.15, 0.2) is 40.9 Å². The van der Waals surface area contributed by atoms with Crippen LogP contribution in [-0.2, 0) is 4.74 Å². The maximum absolute atomic E-state index is 9.89. The molecule has 1 unspecified atom stereocenters. The van der Waals surface area contributed by atoms with Gasteiger partial charge in [-0.1, -0.05) is 40.2 Å². The monoisotopic (exact) mass is 337 g/mol. The quantitative estimate of drug-likeness (QED) is 0.842. The van der Waals surface area contributed by atoms with E-state index in [1.807, 2.05) is 38.1 Å². The molecule has 0 aliphatic heterocycles. The van der Waals surface area contributed by atoms with Gasteiger partial charge in [0.05, 0.1) is 18.8 Å². The molecule has 2 rings (SSSR count). The Kier molecular flexibility index (Phi) is 5.40. The molecule has 0 spiro atoms. The molecule has 0 saturated heterocycles. The van der Waals surface area contributed by atoms with Crippen molar-refractivity contribution in [2.75, 3.05) is 18.5 Å². The summed E-state index contributed by atoms with van der Waals surface area (Å²) in [5.41, 5.74) is 1.02. The largest absolute Gasteiger partial charge is 0.389 e. The SMILES string of the molecule is CC(C)OCC(O)CNc1ccc(Br)c2ccccc12. The van der Waals surface area contributed by atoms with Crippen molar-refractivity contribution < 1.29 is 9.84 Å². The van der Waals surface area contributed by atoms with E-state index in [4.69, 9.17) is 4.74 Å². The lowest BCUT2D eigenvalue weighted by Crippen LogP contribution is -2.26. The van der Waals surface area contributed by atoms with Crippen molar-refractivity contribution in [2.24, 2.45) is 0 Å². The molecule has 2 aromatic rings. The lowest BCUT2D eigenvalue weighted by atomic mass is 10.1. The highest BCUT2D eigenvalue weighted by molar-refractivity contribution is 9.10. The van der Waals surface area contributed by atoms with Gasteiger partial charge in [0.25, 0.3) is 0 Å². The summed E-state index contributed by atoms with van der Waals surface area (Å²) in [6.07, 6.45) is -0.377. The number of anilines is 1. The molecule has 0 saturated carbocycles. The van der Waals surface area contributed by atoms with Gasteiger partial charge in [-0.05, 0) is 31.4 Å². The van der Waals surface area contributed by atoms with Crippen molar-refractivity contribution in [3.63, 3.8) is 0 Å². The van der Waals surface area contributed by atoms with Crippen LogP contribution in [0.4, 0.5) is 5.69 Å². The normalized spacial score (nSPS) is 12.8. The van der Waals surface area contributed by atoms with E-state index in [1.54, 1.807) is 0 Å². The van der Waals surface area contributed by atoms with Gasteiger partial charge in [-0.25, -0.2) is 0 Å². The molecule has 0 bridgehead atoms. The average molecular weight is 338 g/mol. The number of benzene rings is 2. The van der Waals surface area contributed by atoms with E-state index in [9.17, 15) is 5.11 Å². The number of ether oxygens (including phenoxy) is 1. The van der Waals surface area contributed by atoms with Gasteiger partial charge in [-0.3, -0.25) is 0 Å². The summed E-state index contributed by atoms with van der Waals surface area (Å²) in [6.45, 7) is 4.74. The molecule has 0 aliphatic carbocycles. The second-order valence-electron chi connectivity index (χ2n) is 5.06. The molecular weight excluding hydrogens is 318 g/mol. The van der Waals surface area contributed by atoms with Gasteiger partial charge < -0.3 is 15.2 Å². The van der Waals surface area contributed by atoms with E-state index in [0.717, 1.165) is 20.9 Å². The first-order chi connectivity index (χ1) is 9.58. The van der Waals surface area contributed by atoms with Crippen molar-refractivity contribution in [1.82, 2.24) is 0 Å². The van der Waals surface area contributed by atoms with Crippen LogP contribution < -0.4 is 5.32 Å². The van der Waals surface area contributed by atoms with E-state index in [0.29, 0.717) is 13.2 Å². The predicted molar refractivity (Wildman–Crippen MR) is 87.2 cm³/mol. The van der Waals surface area contributed by atoms with Crippen molar-refractivity contribution in [3.8, 4) is 0 Å². The Balaban J connectivity index is 2.05. The summed E-state index contributed by atoms with van der Waals surface area (Å²) < 4.78 is 6.47. The van der Waals surface area contributed by atoms with Crippen LogP contribution in [0.25, 0.3) is 10.8 Å². The molecular formula is C16H20BrNO2. The molecule has 4 heteroatoms. The first-order valence-corrected chi connectivity index (χ1v) is 7.58. The van der Waals surface area contributed by atoms with Crippen molar-refractivity contribution >= 4 is 32.4 Å². The Morgan fingerprint density at radius 1 is 1.15 bits per heavy atom. The summed E-state index contributed by atoms with van der Waals surface area (Å²) in [6, 6.07) is 12.2. The molecule has 0 fully saturated rings. The van der Waals surface area contributed by atoms with E-state index in [2.05, 4.69) is 33.4 Å². The fourth-order valence-corrected chi connectivity index (χ4v) is 2.48. The number of rotatable bonds is 6. The molecule has 108 valence electrons. The second-order valence-corrected chi connectivity index (χ2v) is 5.91. The second kappa shape index (κ2) is 7.07. The lowest BCUT2D eigenvalue weighted by molar-refractivity contribution is 0.0112. The fraction of sp³-hybridized carbons (Fsp3) is 0.375. The molecule has 0 heterocycles. The zero-order valence-corrected chi connectivity index (χ0v) is 13.4. The van der Waals surface area contributed by atoms with Crippen LogP contribution in [-0.4, -0.2) is 30.5 Å². The Morgan fingerprint density at radius 3 is 2.55 bits per heavy atom. The van der Waals surface area contributed by atoms with Gasteiger partial charge in [0, 0.05) is 22.1 Å². The van der Waals surface area contributed by atoms with E-state index >= 15 is 0 Å². The summed E-state index contributed by atoms with van der Waals surface area (Å²) in [5, 5.41) is 15.5. The average Bonchev–Trinajstić information content (AvgIpc) is 2.45. The summed E-state index contributed by atoms with van der Waals surface area (Å²) in [4.78, 5) is 0. The number of hydrogen-bond donors (Lipinski definition) is 2. The number of fused-ring (bicyclic) bond motifs is 1. The number of aliphatic hydroxyl groups excluding tert-OH is 1. The Morgan fingerprint density at radius 2 is 1.85 bits per heavy atom. The molecule has 0 radical (unpaired) electrons. The molecule has 1 atom stereocenters. The van der Waals surface area contributed by atoms with Crippen LogP contribution in [0.1, 0.15) is 13.8 Å². The van der Waals surface area contributed by atoms with Crippen LogP contribution in [0, 0.1) is 0 Å². The maximum Gasteiger partial charge on any atom is 0.0945 e. The third kappa shape index (κ3) is 3.95. The van der Waals surface area contributed by atoms with Gasteiger partial charge in [0.15, 0.2) is 0 Å². The van der Waals surface area contributed by atoms with E-state index < -0.39 is 6.10 Å². The van der Waals surface area contributed by atoms with Gasteiger partial charge in [0.1, 0.15) is 0 Å². The van der Waals surface area contributed by atoms with Crippen molar-refractivity contribution in [3.05, 3.63) is 40.9 Å². The third-order valence-corrected chi connectivity index (χ3v) is 3.71. The molecule has 0 aromatic heterocycles. The topological polar surface area (TPSA) is 41.5 Å². The lowest BCUT2D eigenvalue weighted by Gasteiger charge is -2.16. The number of hydrogen-bond acceptors (Lipinski definition) is 3. The van der Waals surface area contributed by atoms with Gasteiger partial charge in [0.2, 0.25) is 0 Å². The van der Waals surface area contributed by atoms with Crippen molar-refractivity contribution in [2.45, 2.75) is 26.1 Å².